The molecule has 4 heteroatoms. The van der Waals surface area contributed by atoms with Gasteiger partial charge in [-0.05, 0) is 49.8 Å². The summed E-state index contributed by atoms with van der Waals surface area (Å²) in [5.74, 6) is 0.887. The van der Waals surface area contributed by atoms with Gasteiger partial charge in [-0.2, -0.15) is 0 Å². The summed E-state index contributed by atoms with van der Waals surface area (Å²) in [6, 6.07) is 6.50. The highest BCUT2D eigenvalue weighted by molar-refractivity contribution is 7.22. The topological polar surface area (TPSA) is 50.9 Å². The van der Waals surface area contributed by atoms with E-state index < -0.39 is 0 Å². The van der Waals surface area contributed by atoms with Gasteiger partial charge in [-0.25, -0.2) is 4.98 Å². The molecule has 1 aromatic heterocycles. The van der Waals surface area contributed by atoms with Gasteiger partial charge in [0.2, 0.25) is 0 Å². The molecule has 1 fully saturated rings. The molecule has 0 amide bonds. The molecule has 0 spiro atoms. The molecule has 0 radical (unpaired) electrons. The summed E-state index contributed by atoms with van der Waals surface area (Å²) in [6.07, 6.45) is 5.18. The average molecular weight is 261 g/mol. The van der Waals surface area contributed by atoms with Crippen LogP contribution in [0, 0.1) is 5.92 Å². The predicted octanol–water partition coefficient (Wildman–Crippen LogP) is 3.87. The third kappa shape index (κ3) is 2.43. The van der Waals surface area contributed by atoms with E-state index in [2.05, 4.69) is 17.2 Å². The monoisotopic (exact) mass is 261 g/mol. The summed E-state index contributed by atoms with van der Waals surface area (Å²) < 4.78 is 1.17. The number of thiazole rings is 1. The molecule has 1 aliphatic carbocycles. The second kappa shape index (κ2) is 4.76. The molecule has 0 bridgehead atoms. The number of nitrogen functional groups attached to an aromatic ring is 1. The van der Waals surface area contributed by atoms with Gasteiger partial charge in [0.05, 0.1) is 10.2 Å². The molecule has 0 unspecified atom stereocenters. The van der Waals surface area contributed by atoms with Crippen molar-refractivity contribution < 1.29 is 0 Å². The molecule has 0 aliphatic heterocycles. The standard InChI is InChI=1S/C14H19N3S/c1-9-2-5-11(6-3-9)16-14-17-12-7-4-10(15)8-13(12)18-14/h4,7-9,11H,2-3,5-6,15H2,1H3,(H,16,17). The normalized spacial score (nSPS) is 24.3. The average Bonchev–Trinajstić information content (AvgIpc) is 2.73. The minimum absolute atomic E-state index is 0.596. The van der Waals surface area contributed by atoms with Crippen LogP contribution in [0.3, 0.4) is 0 Å². The van der Waals surface area contributed by atoms with E-state index in [0.29, 0.717) is 6.04 Å². The van der Waals surface area contributed by atoms with E-state index in [0.717, 1.165) is 22.3 Å². The molecule has 3 rings (SSSR count). The van der Waals surface area contributed by atoms with Crippen LogP contribution in [0.2, 0.25) is 0 Å². The zero-order valence-corrected chi connectivity index (χ0v) is 11.5. The Labute approximate surface area is 111 Å². The van der Waals surface area contributed by atoms with Crippen molar-refractivity contribution in [1.29, 1.82) is 0 Å². The maximum atomic E-state index is 5.79. The van der Waals surface area contributed by atoms with Crippen molar-refractivity contribution in [1.82, 2.24) is 4.98 Å². The van der Waals surface area contributed by atoms with Crippen LogP contribution in [0.15, 0.2) is 18.2 Å². The molecule has 3 N–H and O–H groups in total. The molecular formula is C14H19N3S. The quantitative estimate of drug-likeness (QED) is 0.807. The number of aromatic nitrogens is 1. The van der Waals surface area contributed by atoms with Crippen molar-refractivity contribution in [3.63, 3.8) is 0 Å². The van der Waals surface area contributed by atoms with Crippen LogP contribution in [0.4, 0.5) is 10.8 Å². The SMILES string of the molecule is CC1CCC(Nc2nc3ccc(N)cc3s2)CC1. The summed E-state index contributed by atoms with van der Waals surface area (Å²) in [5, 5.41) is 4.61. The first kappa shape index (κ1) is 11.8. The first-order valence-electron chi connectivity index (χ1n) is 6.63. The highest BCUT2D eigenvalue weighted by Crippen LogP contribution is 2.31. The number of hydrogen-bond acceptors (Lipinski definition) is 4. The maximum Gasteiger partial charge on any atom is 0.184 e. The Morgan fingerprint density at radius 1 is 1.28 bits per heavy atom. The Hall–Kier alpha value is -1.29. The second-order valence-corrected chi connectivity index (χ2v) is 6.38. The number of nitrogens with two attached hydrogens (primary N) is 1. The number of anilines is 2. The zero-order chi connectivity index (χ0) is 12.5. The number of rotatable bonds is 2. The highest BCUT2D eigenvalue weighted by Gasteiger charge is 2.18. The fourth-order valence-electron chi connectivity index (χ4n) is 2.58. The number of hydrogen-bond donors (Lipinski definition) is 2. The first-order valence-corrected chi connectivity index (χ1v) is 7.45. The lowest BCUT2D eigenvalue weighted by Gasteiger charge is -2.26. The van der Waals surface area contributed by atoms with Crippen molar-refractivity contribution >= 4 is 32.4 Å². The Morgan fingerprint density at radius 2 is 2.06 bits per heavy atom. The van der Waals surface area contributed by atoms with Crippen molar-refractivity contribution in [2.24, 2.45) is 5.92 Å². The van der Waals surface area contributed by atoms with Crippen molar-refractivity contribution in [2.75, 3.05) is 11.1 Å². The van der Waals surface area contributed by atoms with E-state index in [1.807, 2.05) is 18.2 Å². The maximum absolute atomic E-state index is 5.79. The number of benzene rings is 1. The first-order chi connectivity index (χ1) is 8.70. The summed E-state index contributed by atoms with van der Waals surface area (Å²) in [5.41, 5.74) is 7.64. The Kier molecular flexibility index (Phi) is 3.12. The Bertz CT molecular complexity index is 541. The molecule has 96 valence electrons. The number of fused-ring (bicyclic) bond motifs is 1. The van der Waals surface area contributed by atoms with Crippen LogP contribution in [0.25, 0.3) is 10.2 Å². The Morgan fingerprint density at radius 3 is 2.83 bits per heavy atom. The van der Waals surface area contributed by atoms with Gasteiger partial charge < -0.3 is 11.1 Å². The van der Waals surface area contributed by atoms with Gasteiger partial charge in [0.1, 0.15) is 0 Å². The molecule has 2 aromatic rings. The van der Waals surface area contributed by atoms with E-state index in [9.17, 15) is 0 Å². The van der Waals surface area contributed by atoms with Crippen LogP contribution in [-0.2, 0) is 0 Å². The third-order valence-electron chi connectivity index (χ3n) is 3.76. The molecule has 0 saturated heterocycles. The van der Waals surface area contributed by atoms with Gasteiger partial charge >= 0.3 is 0 Å². The fourth-order valence-corrected chi connectivity index (χ4v) is 3.57. The smallest absolute Gasteiger partial charge is 0.184 e. The lowest BCUT2D eigenvalue weighted by Crippen LogP contribution is -2.24. The van der Waals surface area contributed by atoms with Gasteiger partial charge in [-0.15, -0.1) is 0 Å². The van der Waals surface area contributed by atoms with Gasteiger partial charge in [-0.3, -0.25) is 0 Å². The summed E-state index contributed by atoms with van der Waals surface area (Å²) in [7, 11) is 0. The van der Waals surface area contributed by atoms with Crippen LogP contribution in [-0.4, -0.2) is 11.0 Å². The zero-order valence-electron chi connectivity index (χ0n) is 10.6. The summed E-state index contributed by atoms with van der Waals surface area (Å²) >= 11 is 1.70. The van der Waals surface area contributed by atoms with E-state index >= 15 is 0 Å². The second-order valence-electron chi connectivity index (χ2n) is 5.35. The predicted molar refractivity (Wildman–Crippen MR) is 79.1 cm³/mol. The van der Waals surface area contributed by atoms with Crippen LogP contribution in [0.5, 0.6) is 0 Å². The van der Waals surface area contributed by atoms with Crippen molar-refractivity contribution in [2.45, 2.75) is 38.6 Å². The fraction of sp³-hybridized carbons (Fsp3) is 0.500. The van der Waals surface area contributed by atoms with E-state index in [1.54, 1.807) is 11.3 Å². The number of nitrogens with zero attached hydrogens (tertiary/aromatic N) is 1. The third-order valence-corrected chi connectivity index (χ3v) is 4.71. The van der Waals surface area contributed by atoms with Crippen LogP contribution < -0.4 is 11.1 Å². The highest BCUT2D eigenvalue weighted by atomic mass is 32.1. The summed E-state index contributed by atoms with van der Waals surface area (Å²) in [4.78, 5) is 4.62. The van der Waals surface area contributed by atoms with Gasteiger partial charge in [0.25, 0.3) is 0 Å². The summed E-state index contributed by atoms with van der Waals surface area (Å²) in [6.45, 7) is 2.34. The minimum atomic E-state index is 0.596. The van der Waals surface area contributed by atoms with Crippen LogP contribution >= 0.6 is 11.3 Å². The molecule has 1 saturated carbocycles. The molecule has 1 heterocycles. The Balaban J connectivity index is 1.74. The van der Waals surface area contributed by atoms with Gasteiger partial charge in [0.15, 0.2) is 5.13 Å². The lowest BCUT2D eigenvalue weighted by atomic mass is 9.87. The molecule has 18 heavy (non-hydrogen) atoms. The van der Waals surface area contributed by atoms with Crippen molar-refractivity contribution in [3.8, 4) is 0 Å². The molecule has 3 nitrogen and oxygen atoms in total. The van der Waals surface area contributed by atoms with Crippen LogP contribution in [0.1, 0.15) is 32.6 Å². The van der Waals surface area contributed by atoms with E-state index in [1.165, 1.54) is 30.4 Å². The minimum Gasteiger partial charge on any atom is -0.399 e. The van der Waals surface area contributed by atoms with Gasteiger partial charge in [0, 0.05) is 11.7 Å². The van der Waals surface area contributed by atoms with E-state index in [4.69, 9.17) is 5.73 Å². The van der Waals surface area contributed by atoms with Crippen molar-refractivity contribution in [3.05, 3.63) is 18.2 Å². The van der Waals surface area contributed by atoms with Gasteiger partial charge in [-0.1, -0.05) is 18.3 Å². The molecule has 0 atom stereocenters. The lowest BCUT2D eigenvalue weighted by molar-refractivity contribution is 0.361. The molecule has 1 aliphatic rings. The number of nitrogens with one attached hydrogen (secondary N) is 1. The molecular weight excluding hydrogens is 242 g/mol. The van der Waals surface area contributed by atoms with E-state index in [-0.39, 0.29) is 0 Å². The largest absolute Gasteiger partial charge is 0.399 e. The molecule has 1 aromatic carbocycles.